The second kappa shape index (κ2) is 5.56. The second-order valence-electron chi connectivity index (χ2n) is 3.09. The Kier molecular flexibility index (Phi) is 4.68. The minimum absolute atomic E-state index is 0.175. The monoisotopic (exact) mass is 306 g/mol. The van der Waals surface area contributed by atoms with Crippen molar-refractivity contribution < 1.29 is 9.84 Å². The number of aliphatic hydroxyl groups excluding tert-OH is 1. The Morgan fingerprint density at radius 3 is 2.64 bits per heavy atom. The standard InChI is InChI=1S/C11H15IO2/c1-3-14-10-7-5-4-6-9(10)11(13)8(2)12/h4-8,11,13H,3H2,1-2H3. The van der Waals surface area contributed by atoms with E-state index in [1.54, 1.807) is 0 Å². The Morgan fingerprint density at radius 1 is 1.43 bits per heavy atom. The van der Waals surface area contributed by atoms with Crippen molar-refractivity contribution in [2.45, 2.75) is 23.9 Å². The molecule has 0 amide bonds. The van der Waals surface area contributed by atoms with Crippen LogP contribution in [0.5, 0.6) is 5.75 Å². The van der Waals surface area contributed by atoms with Crippen molar-refractivity contribution in [3.63, 3.8) is 0 Å². The molecule has 0 saturated heterocycles. The van der Waals surface area contributed by atoms with E-state index in [1.807, 2.05) is 38.1 Å². The van der Waals surface area contributed by atoms with Crippen LogP contribution in [0.4, 0.5) is 0 Å². The number of para-hydroxylation sites is 1. The predicted molar refractivity (Wildman–Crippen MR) is 66.1 cm³/mol. The number of hydrogen-bond acceptors (Lipinski definition) is 2. The summed E-state index contributed by atoms with van der Waals surface area (Å²) in [6, 6.07) is 7.63. The predicted octanol–water partition coefficient (Wildman–Crippen LogP) is 2.94. The van der Waals surface area contributed by atoms with Crippen molar-refractivity contribution >= 4 is 22.6 Å². The number of rotatable bonds is 4. The van der Waals surface area contributed by atoms with Gasteiger partial charge >= 0.3 is 0 Å². The van der Waals surface area contributed by atoms with Crippen molar-refractivity contribution in [3.05, 3.63) is 29.8 Å². The van der Waals surface area contributed by atoms with Crippen LogP contribution in [-0.4, -0.2) is 15.6 Å². The first-order valence-corrected chi connectivity index (χ1v) is 5.95. The van der Waals surface area contributed by atoms with Gasteiger partial charge in [0.1, 0.15) is 5.75 Å². The first-order valence-electron chi connectivity index (χ1n) is 4.70. The summed E-state index contributed by atoms with van der Waals surface area (Å²) in [5.74, 6) is 0.783. The number of benzene rings is 1. The van der Waals surface area contributed by atoms with Crippen molar-refractivity contribution in [3.8, 4) is 5.75 Å². The van der Waals surface area contributed by atoms with E-state index in [9.17, 15) is 5.11 Å². The van der Waals surface area contributed by atoms with Gasteiger partial charge in [-0.3, -0.25) is 0 Å². The summed E-state index contributed by atoms with van der Waals surface area (Å²) in [4.78, 5) is 0. The van der Waals surface area contributed by atoms with Crippen LogP contribution in [0.1, 0.15) is 25.5 Å². The third kappa shape index (κ3) is 2.85. The molecular weight excluding hydrogens is 291 g/mol. The van der Waals surface area contributed by atoms with Gasteiger partial charge in [0, 0.05) is 9.49 Å². The Hall–Kier alpha value is -0.290. The summed E-state index contributed by atoms with van der Waals surface area (Å²) >= 11 is 2.21. The highest BCUT2D eigenvalue weighted by atomic mass is 127. The minimum atomic E-state index is -0.460. The van der Waals surface area contributed by atoms with Gasteiger partial charge in [0.2, 0.25) is 0 Å². The van der Waals surface area contributed by atoms with Crippen molar-refractivity contribution in [1.29, 1.82) is 0 Å². The highest BCUT2D eigenvalue weighted by molar-refractivity contribution is 14.1. The van der Waals surface area contributed by atoms with E-state index in [1.165, 1.54) is 0 Å². The topological polar surface area (TPSA) is 29.5 Å². The fourth-order valence-corrected chi connectivity index (χ4v) is 1.65. The lowest BCUT2D eigenvalue weighted by molar-refractivity contribution is 0.177. The van der Waals surface area contributed by atoms with E-state index in [0.717, 1.165) is 11.3 Å². The smallest absolute Gasteiger partial charge is 0.125 e. The molecule has 0 spiro atoms. The van der Waals surface area contributed by atoms with Crippen LogP contribution in [0.3, 0.4) is 0 Å². The molecule has 0 fully saturated rings. The normalized spacial score (nSPS) is 14.9. The molecule has 1 rings (SSSR count). The minimum Gasteiger partial charge on any atom is -0.493 e. The van der Waals surface area contributed by atoms with Crippen molar-refractivity contribution in [2.24, 2.45) is 0 Å². The molecule has 0 saturated carbocycles. The molecule has 0 aliphatic carbocycles. The van der Waals surface area contributed by atoms with Gasteiger partial charge in [0.15, 0.2) is 0 Å². The fourth-order valence-electron chi connectivity index (χ4n) is 1.26. The molecule has 1 aromatic carbocycles. The molecule has 0 bridgehead atoms. The SMILES string of the molecule is CCOc1ccccc1C(O)C(C)I. The summed E-state index contributed by atoms with van der Waals surface area (Å²) in [5.41, 5.74) is 0.872. The molecule has 14 heavy (non-hydrogen) atoms. The van der Waals surface area contributed by atoms with Gasteiger partial charge in [0.05, 0.1) is 12.7 Å². The summed E-state index contributed by atoms with van der Waals surface area (Å²) in [7, 11) is 0. The molecule has 0 radical (unpaired) electrons. The zero-order valence-electron chi connectivity index (χ0n) is 8.40. The molecule has 2 atom stereocenters. The van der Waals surface area contributed by atoms with E-state index in [-0.39, 0.29) is 3.92 Å². The first-order chi connectivity index (χ1) is 6.66. The molecule has 1 N–H and O–H groups in total. The zero-order chi connectivity index (χ0) is 10.6. The van der Waals surface area contributed by atoms with E-state index in [2.05, 4.69) is 22.6 Å². The second-order valence-corrected chi connectivity index (χ2v) is 5.06. The molecule has 3 heteroatoms. The van der Waals surface area contributed by atoms with Crippen LogP contribution in [0, 0.1) is 0 Å². The maximum atomic E-state index is 9.92. The van der Waals surface area contributed by atoms with E-state index < -0.39 is 6.10 Å². The van der Waals surface area contributed by atoms with Crippen LogP contribution < -0.4 is 4.74 Å². The molecule has 2 nitrogen and oxygen atoms in total. The average molecular weight is 306 g/mol. The number of ether oxygens (including phenoxy) is 1. The van der Waals surface area contributed by atoms with E-state index in [4.69, 9.17) is 4.74 Å². The van der Waals surface area contributed by atoms with E-state index >= 15 is 0 Å². The van der Waals surface area contributed by atoms with Crippen LogP contribution in [0.25, 0.3) is 0 Å². The largest absolute Gasteiger partial charge is 0.493 e. The van der Waals surface area contributed by atoms with Crippen LogP contribution in [-0.2, 0) is 0 Å². The molecule has 0 aliphatic heterocycles. The third-order valence-electron chi connectivity index (χ3n) is 1.97. The summed E-state index contributed by atoms with van der Waals surface area (Å²) < 4.78 is 5.62. The van der Waals surface area contributed by atoms with Gasteiger partial charge in [-0.05, 0) is 13.0 Å². The number of hydrogen-bond donors (Lipinski definition) is 1. The number of alkyl halides is 1. The summed E-state index contributed by atoms with van der Waals surface area (Å²) in [6.45, 7) is 4.55. The number of aliphatic hydroxyl groups is 1. The number of halogens is 1. The maximum absolute atomic E-state index is 9.92. The Morgan fingerprint density at radius 2 is 2.07 bits per heavy atom. The van der Waals surface area contributed by atoms with Crippen molar-refractivity contribution in [2.75, 3.05) is 6.61 Å². The van der Waals surface area contributed by atoms with Crippen LogP contribution in [0.2, 0.25) is 0 Å². The highest BCUT2D eigenvalue weighted by Crippen LogP contribution is 2.29. The Bertz CT molecular complexity index is 286. The summed E-state index contributed by atoms with van der Waals surface area (Å²) in [6.07, 6.45) is -0.460. The molecule has 1 aromatic rings. The Labute approximate surface area is 98.4 Å². The lowest BCUT2D eigenvalue weighted by Crippen LogP contribution is -2.09. The van der Waals surface area contributed by atoms with Gasteiger partial charge in [0.25, 0.3) is 0 Å². The molecule has 78 valence electrons. The van der Waals surface area contributed by atoms with Gasteiger partial charge in [-0.25, -0.2) is 0 Å². The highest BCUT2D eigenvalue weighted by Gasteiger charge is 2.17. The zero-order valence-corrected chi connectivity index (χ0v) is 10.6. The van der Waals surface area contributed by atoms with Gasteiger partial charge in [-0.2, -0.15) is 0 Å². The van der Waals surface area contributed by atoms with Crippen LogP contribution in [0.15, 0.2) is 24.3 Å². The lowest BCUT2D eigenvalue weighted by Gasteiger charge is -2.17. The quantitative estimate of drug-likeness (QED) is 0.684. The molecule has 0 heterocycles. The molecular formula is C11H15IO2. The molecule has 0 aromatic heterocycles. The van der Waals surface area contributed by atoms with E-state index in [0.29, 0.717) is 6.61 Å². The van der Waals surface area contributed by atoms with Crippen molar-refractivity contribution in [1.82, 2.24) is 0 Å². The van der Waals surface area contributed by atoms with Gasteiger partial charge in [-0.1, -0.05) is 47.7 Å². The van der Waals surface area contributed by atoms with Crippen LogP contribution >= 0.6 is 22.6 Å². The first kappa shape index (κ1) is 11.8. The molecule has 0 aliphatic rings. The summed E-state index contributed by atoms with van der Waals surface area (Å²) in [5, 5.41) is 9.92. The molecule has 2 unspecified atom stereocenters. The van der Waals surface area contributed by atoms with Gasteiger partial charge in [-0.15, -0.1) is 0 Å². The van der Waals surface area contributed by atoms with Gasteiger partial charge < -0.3 is 9.84 Å². The fraction of sp³-hybridized carbons (Fsp3) is 0.455. The Balaban J connectivity index is 2.94. The average Bonchev–Trinajstić information content (AvgIpc) is 2.18. The third-order valence-corrected chi connectivity index (χ3v) is 2.65. The lowest BCUT2D eigenvalue weighted by atomic mass is 10.1. The maximum Gasteiger partial charge on any atom is 0.125 e.